The van der Waals surface area contributed by atoms with Crippen LogP contribution in [0.3, 0.4) is 0 Å². The van der Waals surface area contributed by atoms with Crippen molar-refractivity contribution in [2.24, 2.45) is 4.99 Å². The molecule has 0 bridgehead atoms. The lowest BCUT2D eigenvalue weighted by molar-refractivity contribution is -0.385. The van der Waals surface area contributed by atoms with E-state index >= 15 is 0 Å². The van der Waals surface area contributed by atoms with Crippen molar-refractivity contribution in [2.75, 3.05) is 13.7 Å². The van der Waals surface area contributed by atoms with Gasteiger partial charge in [-0.15, -0.1) is 0 Å². The lowest BCUT2D eigenvalue weighted by atomic mass is 10.1. The monoisotopic (exact) mass is 389 g/mol. The van der Waals surface area contributed by atoms with E-state index in [1.54, 1.807) is 16.7 Å². The molecule has 0 aliphatic rings. The number of halogens is 1. The van der Waals surface area contributed by atoms with Gasteiger partial charge >= 0.3 is 0 Å². The quantitative estimate of drug-likeness (QED) is 0.494. The van der Waals surface area contributed by atoms with Gasteiger partial charge in [-0.05, 0) is 25.1 Å². The second-order valence-electron chi connectivity index (χ2n) is 5.74. The molecular formula is C18H16FN3O4S. The third-order valence-corrected chi connectivity index (χ3v) is 5.14. The summed E-state index contributed by atoms with van der Waals surface area (Å²) in [6, 6.07) is 8.94. The van der Waals surface area contributed by atoms with Gasteiger partial charge in [0.15, 0.2) is 4.80 Å². The summed E-state index contributed by atoms with van der Waals surface area (Å²) < 4.78 is 21.6. The number of benzene rings is 2. The Kier molecular flexibility index (Phi) is 5.43. The minimum Gasteiger partial charge on any atom is -0.383 e. The maximum Gasteiger partial charge on any atom is 0.280 e. The topological polar surface area (TPSA) is 86.7 Å². The first-order valence-corrected chi connectivity index (χ1v) is 8.85. The van der Waals surface area contributed by atoms with Crippen LogP contribution < -0.4 is 4.80 Å². The van der Waals surface area contributed by atoms with Crippen LogP contribution in [0.2, 0.25) is 0 Å². The van der Waals surface area contributed by atoms with Gasteiger partial charge in [-0.3, -0.25) is 14.9 Å². The minimum absolute atomic E-state index is 0.139. The number of hydrogen-bond acceptors (Lipinski definition) is 5. The number of carbonyl (C=O) groups is 1. The second kappa shape index (κ2) is 7.77. The summed E-state index contributed by atoms with van der Waals surface area (Å²) in [5.74, 6) is -1.03. The van der Waals surface area contributed by atoms with Crippen LogP contribution in [0.4, 0.5) is 10.1 Å². The van der Waals surface area contributed by atoms with Gasteiger partial charge in [0, 0.05) is 25.3 Å². The van der Waals surface area contributed by atoms with Gasteiger partial charge in [0.05, 0.1) is 27.3 Å². The van der Waals surface area contributed by atoms with Crippen molar-refractivity contribution in [1.82, 2.24) is 4.57 Å². The van der Waals surface area contributed by atoms with Gasteiger partial charge in [-0.2, -0.15) is 4.99 Å². The Labute approximate surface area is 157 Å². The molecule has 9 heteroatoms. The zero-order valence-electron chi connectivity index (χ0n) is 14.6. The standard InChI is InChI=1S/C18H16FN3O4S/c1-11-12(5-3-7-14(11)22(24)25)17(23)20-18-21(9-10-26-2)16-13(19)6-4-8-15(16)27-18/h3-8H,9-10H2,1-2H3. The van der Waals surface area contributed by atoms with Crippen LogP contribution in [-0.4, -0.2) is 29.1 Å². The Hall–Kier alpha value is -2.91. The fourth-order valence-corrected chi connectivity index (χ4v) is 3.83. The number of nitro groups is 1. The maximum absolute atomic E-state index is 14.3. The molecule has 3 aromatic rings. The Balaban J connectivity index is 2.16. The summed E-state index contributed by atoms with van der Waals surface area (Å²) in [6.07, 6.45) is 0. The van der Waals surface area contributed by atoms with Crippen molar-refractivity contribution in [3.05, 3.63) is 68.3 Å². The Morgan fingerprint density at radius 2 is 2.07 bits per heavy atom. The Bertz CT molecular complexity index is 1100. The number of aromatic nitrogens is 1. The highest BCUT2D eigenvalue weighted by molar-refractivity contribution is 7.16. The zero-order chi connectivity index (χ0) is 19.6. The Morgan fingerprint density at radius 3 is 2.78 bits per heavy atom. The summed E-state index contributed by atoms with van der Waals surface area (Å²) in [4.78, 5) is 27.7. The van der Waals surface area contributed by atoms with E-state index in [1.165, 1.54) is 49.6 Å². The SMILES string of the molecule is COCCn1c(=NC(=O)c2cccc([N+](=O)[O-])c2C)sc2cccc(F)c21. The van der Waals surface area contributed by atoms with Crippen molar-refractivity contribution in [2.45, 2.75) is 13.5 Å². The molecule has 0 saturated carbocycles. The smallest absolute Gasteiger partial charge is 0.280 e. The number of nitro benzene ring substituents is 1. The van der Waals surface area contributed by atoms with Crippen molar-refractivity contribution in [3.63, 3.8) is 0 Å². The molecule has 0 unspecified atom stereocenters. The van der Waals surface area contributed by atoms with Crippen molar-refractivity contribution >= 4 is 33.1 Å². The van der Waals surface area contributed by atoms with Crippen LogP contribution >= 0.6 is 11.3 Å². The highest BCUT2D eigenvalue weighted by Gasteiger charge is 2.18. The fraction of sp³-hybridized carbons (Fsp3) is 0.222. The van der Waals surface area contributed by atoms with Crippen LogP contribution in [0.5, 0.6) is 0 Å². The van der Waals surface area contributed by atoms with Gasteiger partial charge in [0.2, 0.25) is 0 Å². The second-order valence-corrected chi connectivity index (χ2v) is 6.75. The largest absolute Gasteiger partial charge is 0.383 e. The summed E-state index contributed by atoms with van der Waals surface area (Å²) in [6.45, 7) is 2.14. The van der Waals surface area contributed by atoms with E-state index in [2.05, 4.69) is 4.99 Å². The maximum atomic E-state index is 14.3. The third kappa shape index (κ3) is 3.64. The molecule has 0 aliphatic carbocycles. The number of methoxy groups -OCH3 is 1. The van der Waals surface area contributed by atoms with E-state index in [1.807, 2.05) is 0 Å². The molecule has 0 N–H and O–H groups in total. The first-order valence-electron chi connectivity index (χ1n) is 8.04. The summed E-state index contributed by atoms with van der Waals surface area (Å²) >= 11 is 1.17. The molecule has 0 saturated heterocycles. The number of ether oxygens (including phenoxy) is 1. The summed E-state index contributed by atoms with van der Waals surface area (Å²) in [5, 5.41) is 11.1. The molecule has 27 heavy (non-hydrogen) atoms. The minimum atomic E-state index is -0.616. The molecule has 0 fully saturated rings. The van der Waals surface area contributed by atoms with Gasteiger partial charge < -0.3 is 9.30 Å². The van der Waals surface area contributed by atoms with Gasteiger partial charge in [-0.25, -0.2) is 4.39 Å². The number of fused-ring (bicyclic) bond motifs is 1. The number of amides is 1. The highest BCUT2D eigenvalue weighted by atomic mass is 32.1. The first-order chi connectivity index (χ1) is 12.9. The fourth-order valence-electron chi connectivity index (χ4n) is 2.76. The van der Waals surface area contributed by atoms with Crippen LogP contribution in [-0.2, 0) is 11.3 Å². The predicted octanol–water partition coefficient (Wildman–Crippen LogP) is 3.45. The van der Waals surface area contributed by atoms with E-state index in [0.717, 1.165) is 0 Å². The van der Waals surface area contributed by atoms with Crippen molar-refractivity contribution < 1.29 is 18.8 Å². The van der Waals surface area contributed by atoms with E-state index in [9.17, 15) is 19.3 Å². The van der Waals surface area contributed by atoms with Gasteiger partial charge in [0.25, 0.3) is 11.6 Å². The van der Waals surface area contributed by atoms with Crippen LogP contribution in [0.15, 0.2) is 41.4 Å². The summed E-state index contributed by atoms with van der Waals surface area (Å²) in [5.41, 5.74) is 0.583. The number of para-hydroxylation sites is 1. The average Bonchev–Trinajstić information content (AvgIpc) is 2.98. The van der Waals surface area contributed by atoms with Crippen LogP contribution in [0.25, 0.3) is 10.2 Å². The van der Waals surface area contributed by atoms with Gasteiger partial charge in [0.1, 0.15) is 5.82 Å². The number of rotatable bonds is 5. The zero-order valence-corrected chi connectivity index (χ0v) is 15.5. The molecular weight excluding hydrogens is 373 g/mol. The number of hydrogen-bond donors (Lipinski definition) is 0. The van der Waals surface area contributed by atoms with E-state index in [0.29, 0.717) is 28.2 Å². The molecule has 7 nitrogen and oxygen atoms in total. The molecule has 0 atom stereocenters. The molecule has 1 amide bonds. The number of nitrogens with zero attached hydrogens (tertiary/aromatic N) is 3. The van der Waals surface area contributed by atoms with Crippen LogP contribution in [0, 0.1) is 22.9 Å². The molecule has 1 heterocycles. The molecule has 0 radical (unpaired) electrons. The molecule has 0 aliphatic heterocycles. The molecule has 140 valence electrons. The molecule has 2 aromatic carbocycles. The third-order valence-electron chi connectivity index (χ3n) is 4.10. The van der Waals surface area contributed by atoms with E-state index in [4.69, 9.17) is 4.74 Å². The number of carbonyl (C=O) groups excluding carboxylic acids is 1. The summed E-state index contributed by atoms with van der Waals surface area (Å²) in [7, 11) is 1.53. The average molecular weight is 389 g/mol. The van der Waals surface area contributed by atoms with Crippen LogP contribution in [0.1, 0.15) is 15.9 Å². The Morgan fingerprint density at radius 1 is 1.33 bits per heavy atom. The van der Waals surface area contributed by atoms with Crippen molar-refractivity contribution in [1.29, 1.82) is 0 Å². The van der Waals surface area contributed by atoms with E-state index < -0.39 is 16.6 Å². The first kappa shape index (κ1) is 18.9. The number of thiazole rings is 1. The molecule has 1 aromatic heterocycles. The predicted molar refractivity (Wildman–Crippen MR) is 99.4 cm³/mol. The van der Waals surface area contributed by atoms with Crippen molar-refractivity contribution in [3.8, 4) is 0 Å². The lowest BCUT2D eigenvalue weighted by Crippen LogP contribution is -2.20. The lowest BCUT2D eigenvalue weighted by Gasteiger charge is -2.05. The molecule has 0 spiro atoms. The normalized spacial score (nSPS) is 11.9. The molecule has 3 rings (SSSR count). The highest BCUT2D eigenvalue weighted by Crippen LogP contribution is 2.23. The van der Waals surface area contributed by atoms with E-state index in [-0.39, 0.29) is 16.8 Å². The van der Waals surface area contributed by atoms with Gasteiger partial charge in [-0.1, -0.05) is 23.5 Å².